The number of halogens is 1. The number of rotatable bonds is 5. The van der Waals surface area contributed by atoms with Crippen molar-refractivity contribution in [1.29, 1.82) is 0 Å². The van der Waals surface area contributed by atoms with Gasteiger partial charge in [0.05, 0.1) is 17.6 Å². The van der Waals surface area contributed by atoms with Crippen LogP contribution < -0.4 is 5.32 Å². The number of benzene rings is 1. The van der Waals surface area contributed by atoms with Crippen molar-refractivity contribution in [2.45, 2.75) is 12.6 Å². The minimum absolute atomic E-state index is 0.0621. The molecule has 1 fully saturated rings. The van der Waals surface area contributed by atoms with Crippen LogP contribution in [0.4, 0.5) is 5.69 Å². The number of likely N-dealkylation sites (N-methyl/N-ethyl adjacent to an activating group) is 1. The molecule has 1 saturated heterocycles. The van der Waals surface area contributed by atoms with Crippen molar-refractivity contribution >= 4 is 17.3 Å². The first kappa shape index (κ1) is 15.2. The third-order valence-electron chi connectivity index (χ3n) is 3.20. The Morgan fingerprint density at radius 1 is 1.60 bits per heavy atom. The van der Waals surface area contributed by atoms with Crippen molar-refractivity contribution < 1.29 is 9.66 Å². The first-order chi connectivity index (χ1) is 9.56. The van der Waals surface area contributed by atoms with E-state index < -0.39 is 4.92 Å². The van der Waals surface area contributed by atoms with Gasteiger partial charge in [-0.25, -0.2) is 0 Å². The van der Waals surface area contributed by atoms with E-state index >= 15 is 0 Å². The number of nitrogens with zero attached hydrogens (tertiary/aromatic N) is 2. The number of hydrogen-bond donors (Lipinski definition) is 1. The van der Waals surface area contributed by atoms with Gasteiger partial charge in [0.25, 0.3) is 5.69 Å². The van der Waals surface area contributed by atoms with E-state index in [1.807, 2.05) is 11.9 Å². The van der Waals surface area contributed by atoms with E-state index in [9.17, 15) is 10.1 Å². The van der Waals surface area contributed by atoms with Gasteiger partial charge < -0.3 is 10.1 Å². The zero-order valence-electron chi connectivity index (χ0n) is 11.3. The molecule has 0 amide bonds. The summed E-state index contributed by atoms with van der Waals surface area (Å²) in [5.41, 5.74) is 0.720. The first-order valence-corrected chi connectivity index (χ1v) is 6.87. The first-order valence-electron chi connectivity index (χ1n) is 6.50. The van der Waals surface area contributed by atoms with Crippen molar-refractivity contribution in [2.75, 3.05) is 33.3 Å². The van der Waals surface area contributed by atoms with Gasteiger partial charge in [-0.1, -0.05) is 11.6 Å². The molecule has 20 heavy (non-hydrogen) atoms. The van der Waals surface area contributed by atoms with Crippen LogP contribution >= 0.6 is 11.6 Å². The second-order valence-corrected chi connectivity index (χ2v) is 5.36. The van der Waals surface area contributed by atoms with E-state index in [4.69, 9.17) is 16.3 Å². The number of ether oxygens (including phenoxy) is 1. The highest BCUT2D eigenvalue weighted by atomic mass is 35.5. The Bertz CT molecular complexity index is 478. The zero-order valence-corrected chi connectivity index (χ0v) is 12.1. The Hall–Kier alpha value is -1.21. The Morgan fingerprint density at radius 2 is 2.40 bits per heavy atom. The molecule has 0 bridgehead atoms. The Morgan fingerprint density at radius 3 is 3.05 bits per heavy atom. The van der Waals surface area contributed by atoms with Crippen LogP contribution in [0.1, 0.15) is 5.56 Å². The monoisotopic (exact) mass is 299 g/mol. The lowest BCUT2D eigenvalue weighted by atomic mass is 10.1. The summed E-state index contributed by atoms with van der Waals surface area (Å²) in [5.74, 6) is 0. The van der Waals surface area contributed by atoms with Gasteiger partial charge in [-0.2, -0.15) is 0 Å². The second kappa shape index (κ2) is 6.99. The molecule has 0 aromatic heterocycles. The predicted octanol–water partition coefficient (Wildman–Crippen LogP) is 1.67. The molecule has 0 radical (unpaired) electrons. The highest BCUT2D eigenvalue weighted by Crippen LogP contribution is 2.24. The van der Waals surface area contributed by atoms with E-state index in [0.29, 0.717) is 23.7 Å². The van der Waals surface area contributed by atoms with E-state index in [-0.39, 0.29) is 11.8 Å². The number of nitro groups is 1. The minimum atomic E-state index is -0.395. The minimum Gasteiger partial charge on any atom is -0.374 e. The molecular formula is C13H18ClN3O3. The fourth-order valence-electron chi connectivity index (χ4n) is 2.28. The van der Waals surface area contributed by atoms with Crippen molar-refractivity contribution in [1.82, 2.24) is 10.2 Å². The predicted molar refractivity (Wildman–Crippen MR) is 77.1 cm³/mol. The maximum absolute atomic E-state index is 11.0. The van der Waals surface area contributed by atoms with Crippen LogP contribution in [0.15, 0.2) is 18.2 Å². The van der Waals surface area contributed by atoms with Crippen molar-refractivity contribution in [2.24, 2.45) is 0 Å². The number of nitro benzene ring substituents is 1. The molecule has 1 heterocycles. The molecule has 0 aliphatic carbocycles. The zero-order chi connectivity index (χ0) is 14.5. The second-order valence-electron chi connectivity index (χ2n) is 4.92. The summed E-state index contributed by atoms with van der Waals surface area (Å²) < 4.78 is 5.62. The topological polar surface area (TPSA) is 67.6 Å². The van der Waals surface area contributed by atoms with Gasteiger partial charge in [0.2, 0.25) is 0 Å². The van der Waals surface area contributed by atoms with Gasteiger partial charge in [-0.3, -0.25) is 15.0 Å². The maximum Gasteiger partial charge on any atom is 0.275 e. The molecule has 7 heteroatoms. The summed E-state index contributed by atoms with van der Waals surface area (Å²) in [6.07, 6.45) is 0.125. The summed E-state index contributed by atoms with van der Waals surface area (Å²) in [6, 6.07) is 4.77. The van der Waals surface area contributed by atoms with Gasteiger partial charge in [0.1, 0.15) is 0 Å². The average molecular weight is 300 g/mol. The summed E-state index contributed by atoms with van der Waals surface area (Å²) >= 11 is 5.81. The largest absolute Gasteiger partial charge is 0.374 e. The maximum atomic E-state index is 11.0. The third kappa shape index (κ3) is 4.14. The quantitative estimate of drug-likeness (QED) is 0.662. The van der Waals surface area contributed by atoms with Crippen molar-refractivity contribution in [3.8, 4) is 0 Å². The normalized spacial score (nSPS) is 19.2. The number of morpholine rings is 1. The lowest BCUT2D eigenvalue weighted by Gasteiger charge is -2.27. The fourth-order valence-corrected chi connectivity index (χ4v) is 2.45. The van der Waals surface area contributed by atoms with Crippen LogP contribution in [0.2, 0.25) is 5.02 Å². The van der Waals surface area contributed by atoms with E-state index in [1.54, 1.807) is 12.1 Å². The van der Waals surface area contributed by atoms with Gasteiger partial charge in [-0.05, 0) is 19.2 Å². The molecule has 1 aliphatic heterocycles. The Labute approximate surface area is 122 Å². The molecule has 0 saturated carbocycles. The van der Waals surface area contributed by atoms with Gasteiger partial charge in [-0.15, -0.1) is 0 Å². The molecular weight excluding hydrogens is 282 g/mol. The number of hydrogen-bond acceptors (Lipinski definition) is 5. The molecule has 1 aromatic carbocycles. The third-order valence-corrected chi connectivity index (χ3v) is 3.44. The summed E-state index contributed by atoms with van der Waals surface area (Å²) in [7, 11) is 1.93. The van der Waals surface area contributed by atoms with Gasteiger partial charge >= 0.3 is 0 Å². The van der Waals surface area contributed by atoms with Crippen LogP contribution in [0.3, 0.4) is 0 Å². The van der Waals surface area contributed by atoms with E-state index in [1.165, 1.54) is 6.07 Å². The molecule has 6 nitrogen and oxygen atoms in total. The molecule has 0 spiro atoms. The summed E-state index contributed by atoms with van der Waals surface area (Å²) in [5, 5.41) is 14.7. The molecule has 1 aromatic rings. The molecule has 1 N–H and O–H groups in total. The van der Waals surface area contributed by atoms with Crippen molar-refractivity contribution in [3.05, 3.63) is 38.9 Å². The van der Waals surface area contributed by atoms with Crippen LogP contribution in [0.5, 0.6) is 0 Å². The Balaban J connectivity index is 1.99. The highest BCUT2D eigenvalue weighted by Gasteiger charge is 2.19. The molecule has 1 unspecified atom stereocenters. The summed E-state index contributed by atoms with van der Waals surface area (Å²) in [4.78, 5) is 12.7. The molecule has 1 aliphatic rings. The van der Waals surface area contributed by atoms with Crippen LogP contribution in [0.25, 0.3) is 0 Å². The lowest BCUT2D eigenvalue weighted by Crippen LogP contribution is -2.44. The van der Waals surface area contributed by atoms with Gasteiger partial charge in [0.15, 0.2) is 0 Å². The highest BCUT2D eigenvalue weighted by molar-refractivity contribution is 6.30. The molecule has 1 atom stereocenters. The molecule has 110 valence electrons. The van der Waals surface area contributed by atoms with Crippen LogP contribution in [0, 0.1) is 10.1 Å². The fraction of sp³-hybridized carbons (Fsp3) is 0.538. The lowest BCUT2D eigenvalue weighted by molar-refractivity contribution is -0.385. The van der Waals surface area contributed by atoms with Crippen molar-refractivity contribution in [3.63, 3.8) is 0 Å². The molecule has 2 rings (SSSR count). The summed E-state index contributed by atoms with van der Waals surface area (Å²) in [6.45, 7) is 3.62. The van der Waals surface area contributed by atoms with Crippen LogP contribution in [-0.4, -0.2) is 49.2 Å². The van der Waals surface area contributed by atoms with Crippen LogP contribution in [-0.2, 0) is 11.3 Å². The standard InChI is InChI=1S/C13H18ClN3O3/c1-16(9-12-7-15-4-5-20-12)8-10-2-3-11(14)6-13(10)17(18)19/h2-3,6,12,15H,4-5,7-9H2,1H3. The van der Waals surface area contributed by atoms with Gasteiger partial charge in [0, 0.05) is 42.8 Å². The number of nitrogens with one attached hydrogen (secondary N) is 1. The van der Waals surface area contributed by atoms with E-state index in [2.05, 4.69) is 5.32 Å². The smallest absolute Gasteiger partial charge is 0.275 e. The SMILES string of the molecule is CN(Cc1ccc(Cl)cc1[N+](=O)[O-])CC1CNCCO1. The Kier molecular flexibility index (Phi) is 5.31. The average Bonchev–Trinajstić information content (AvgIpc) is 2.41. The van der Waals surface area contributed by atoms with E-state index in [0.717, 1.165) is 19.6 Å².